The molecule has 2 aliphatic heterocycles. The van der Waals surface area contributed by atoms with Crippen molar-refractivity contribution in [2.45, 2.75) is 25.4 Å². The van der Waals surface area contributed by atoms with E-state index in [1.54, 1.807) is 0 Å². The van der Waals surface area contributed by atoms with Crippen LogP contribution in [0.25, 0.3) is 0 Å². The average Bonchev–Trinajstić information content (AvgIpc) is 2.45. The number of hydrogen-bond donors (Lipinski definition) is 0. The van der Waals surface area contributed by atoms with E-state index in [1.165, 1.54) is 22.3 Å². The van der Waals surface area contributed by atoms with Crippen LogP contribution in [-0.2, 0) is 19.4 Å². The minimum atomic E-state index is 0.465. The van der Waals surface area contributed by atoms with Crippen molar-refractivity contribution in [3.8, 4) is 0 Å². The SMILES string of the molecule is Clc1cccc2c1C1Cc3ccccc3CN1CC2. The fourth-order valence-corrected chi connectivity index (χ4v) is 3.85. The van der Waals surface area contributed by atoms with Gasteiger partial charge in [-0.3, -0.25) is 4.90 Å². The Kier molecular flexibility index (Phi) is 2.64. The van der Waals surface area contributed by atoms with E-state index in [0.29, 0.717) is 6.04 Å². The molecule has 19 heavy (non-hydrogen) atoms. The van der Waals surface area contributed by atoms with E-state index in [0.717, 1.165) is 31.0 Å². The van der Waals surface area contributed by atoms with Crippen LogP contribution in [0.3, 0.4) is 0 Å². The van der Waals surface area contributed by atoms with Crippen molar-refractivity contribution in [3.05, 3.63) is 69.7 Å². The zero-order chi connectivity index (χ0) is 12.8. The highest BCUT2D eigenvalue weighted by Gasteiger charge is 2.32. The normalized spacial score (nSPS) is 21.4. The van der Waals surface area contributed by atoms with Crippen LogP contribution in [0.1, 0.15) is 28.3 Å². The first-order valence-corrected chi connectivity index (χ1v) is 7.29. The molecule has 0 aliphatic carbocycles. The van der Waals surface area contributed by atoms with Gasteiger partial charge in [-0.25, -0.2) is 0 Å². The topological polar surface area (TPSA) is 3.24 Å². The summed E-state index contributed by atoms with van der Waals surface area (Å²) in [6, 6.07) is 15.6. The van der Waals surface area contributed by atoms with Crippen LogP contribution in [0.4, 0.5) is 0 Å². The lowest BCUT2D eigenvalue weighted by atomic mass is 9.84. The molecular formula is C17H16ClN. The summed E-state index contributed by atoms with van der Waals surface area (Å²) in [5.74, 6) is 0. The van der Waals surface area contributed by atoms with Gasteiger partial charge >= 0.3 is 0 Å². The van der Waals surface area contributed by atoms with Crippen LogP contribution in [0.2, 0.25) is 5.02 Å². The summed E-state index contributed by atoms with van der Waals surface area (Å²) in [6.45, 7) is 2.21. The quantitative estimate of drug-likeness (QED) is 0.699. The molecule has 0 spiro atoms. The highest BCUT2D eigenvalue weighted by Crippen LogP contribution is 2.40. The maximum Gasteiger partial charge on any atom is 0.0456 e. The summed E-state index contributed by atoms with van der Waals surface area (Å²) >= 11 is 6.46. The molecule has 0 amide bonds. The van der Waals surface area contributed by atoms with E-state index in [4.69, 9.17) is 11.6 Å². The molecule has 2 heterocycles. The van der Waals surface area contributed by atoms with Crippen LogP contribution in [0, 0.1) is 0 Å². The number of nitrogens with zero attached hydrogens (tertiary/aromatic N) is 1. The highest BCUT2D eigenvalue weighted by atomic mass is 35.5. The summed E-state index contributed by atoms with van der Waals surface area (Å²) < 4.78 is 0. The first kappa shape index (κ1) is 11.5. The Bertz CT molecular complexity index is 635. The fraction of sp³-hybridized carbons (Fsp3) is 0.294. The Balaban J connectivity index is 1.82. The number of fused-ring (bicyclic) bond motifs is 4. The number of hydrogen-bond acceptors (Lipinski definition) is 1. The molecule has 2 aliphatic rings. The monoisotopic (exact) mass is 269 g/mol. The number of rotatable bonds is 0. The molecule has 0 saturated carbocycles. The standard InChI is InChI=1S/C17H16ClN/c18-15-7-3-6-12-8-9-19-11-14-5-2-1-4-13(14)10-16(19)17(12)15/h1-7,16H,8-11H2. The van der Waals surface area contributed by atoms with E-state index in [9.17, 15) is 0 Å². The molecule has 0 radical (unpaired) electrons. The third-order valence-electron chi connectivity index (χ3n) is 4.49. The zero-order valence-electron chi connectivity index (χ0n) is 10.8. The van der Waals surface area contributed by atoms with Gasteiger partial charge in [-0.2, -0.15) is 0 Å². The van der Waals surface area contributed by atoms with Gasteiger partial charge < -0.3 is 0 Å². The molecule has 2 aromatic rings. The van der Waals surface area contributed by atoms with Gasteiger partial charge in [0.25, 0.3) is 0 Å². The Morgan fingerprint density at radius 1 is 0.947 bits per heavy atom. The lowest BCUT2D eigenvalue weighted by molar-refractivity contribution is 0.161. The summed E-state index contributed by atoms with van der Waals surface area (Å²) in [4.78, 5) is 2.58. The lowest BCUT2D eigenvalue weighted by Gasteiger charge is -2.41. The van der Waals surface area contributed by atoms with Crippen molar-refractivity contribution < 1.29 is 0 Å². The summed E-state index contributed by atoms with van der Waals surface area (Å²) in [5, 5.41) is 0.937. The van der Waals surface area contributed by atoms with Crippen LogP contribution < -0.4 is 0 Å². The van der Waals surface area contributed by atoms with E-state index < -0.39 is 0 Å². The molecule has 0 saturated heterocycles. The molecule has 96 valence electrons. The summed E-state index contributed by atoms with van der Waals surface area (Å²) in [5.41, 5.74) is 5.77. The molecule has 2 aromatic carbocycles. The van der Waals surface area contributed by atoms with Gasteiger partial charge in [0.1, 0.15) is 0 Å². The van der Waals surface area contributed by atoms with Crippen molar-refractivity contribution in [3.63, 3.8) is 0 Å². The van der Waals surface area contributed by atoms with Crippen LogP contribution in [0.15, 0.2) is 42.5 Å². The Hall–Kier alpha value is -1.31. The predicted octanol–water partition coefficient (Wildman–Crippen LogP) is 4.00. The van der Waals surface area contributed by atoms with Gasteiger partial charge in [-0.05, 0) is 41.2 Å². The number of benzene rings is 2. The zero-order valence-corrected chi connectivity index (χ0v) is 11.5. The van der Waals surface area contributed by atoms with E-state index >= 15 is 0 Å². The van der Waals surface area contributed by atoms with Gasteiger partial charge in [0.15, 0.2) is 0 Å². The Morgan fingerprint density at radius 3 is 2.63 bits per heavy atom. The molecule has 1 atom stereocenters. The van der Waals surface area contributed by atoms with Crippen LogP contribution in [0.5, 0.6) is 0 Å². The number of halogens is 1. The molecular weight excluding hydrogens is 254 g/mol. The molecule has 1 nitrogen and oxygen atoms in total. The molecule has 0 N–H and O–H groups in total. The maximum absolute atomic E-state index is 6.46. The Morgan fingerprint density at radius 2 is 1.74 bits per heavy atom. The maximum atomic E-state index is 6.46. The molecule has 1 unspecified atom stereocenters. The van der Waals surface area contributed by atoms with Gasteiger partial charge in [0, 0.05) is 24.2 Å². The van der Waals surface area contributed by atoms with Crippen LogP contribution in [-0.4, -0.2) is 11.4 Å². The van der Waals surface area contributed by atoms with Crippen LogP contribution >= 0.6 is 11.6 Å². The van der Waals surface area contributed by atoms with E-state index in [-0.39, 0.29) is 0 Å². The molecule has 2 heteroatoms. The smallest absolute Gasteiger partial charge is 0.0456 e. The van der Waals surface area contributed by atoms with Gasteiger partial charge in [-0.15, -0.1) is 0 Å². The first-order valence-electron chi connectivity index (χ1n) is 6.91. The summed E-state index contributed by atoms with van der Waals surface area (Å²) in [7, 11) is 0. The third-order valence-corrected chi connectivity index (χ3v) is 4.82. The first-order chi connectivity index (χ1) is 9.33. The second-order valence-corrected chi connectivity index (χ2v) is 5.93. The van der Waals surface area contributed by atoms with Crippen molar-refractivity contribution in [2.24, 2.45) is 0 Å². The van der Waals surface area contributed by atoms with Gasteiger partial charge in [0.05, 0.1) is 0 Å². The second-order valence-electron chi connectivity index (χ2n) is 5.52. The Labute approximate surface area is 118 Å². The molecule has 4 rings (SSSR count). The van der Waals surface area contributed by atoms with E-state index in [2.05, 4.69) is 41.3 Å². The lowest BCUT2D eigenvalue weighted by Crippen LogP contribution is -2.39. The third kappa shape index (κ3) is 1.80. The van der Waals surface area contributed by atoms with Gasteiger partial charge in [0.2, 0.25) is 0 Å². The van der Waals surface area contributed by atoms with E-state index in [1.807, 2.05) is 6.07 Å². The average molecular weight is 270 g/mol. The highest BCUT2D eigenvalue weighted by molar-refractivity contribution is 6.31. The minimum absolute atomic E-state index is 0.465. The largest absolute Gasteiger partial charge is 0.291 e. The summed E-state index contributed by atoms with van der Waals surface area (Å²) in [6.07, 6.45) is 2.21. The minimum Gasteiger partial charge on any atom is -0.291 e. The second kappa shape index (κ2) is 4.36. The van der Waals surface area contributed by atoms with Gasteiger partial charge in [-0.1, -0.05) is 48.0 Å². The van der Waals surface area contributed by atoms with Crippen molar-refractivity contribution in [1.82, 2.24) is 4.90 Å². The van der Waals surface area contributed by atoms with Crippen molar-refractivity contribution in [2.75, 3.05) is 6.54 Å². The van der Waals surface area contributed by atoms with Crippen molar-refractivity contribution in [1.29, 1.82) is 0 Å². The fourth-order valence-electron chi connectivity index (χ4n) is 3.53. The molecule has 0 bridgehead atoms. The van der Waals surface area contributed by atoms with Crippen molar-refractivity contribution >= 4 is 11.6 Å². The predicted molar refractivity (Wildman–Crippen MR) is 78.5 cm³/mol. The molecule has 0 fully saturated rings. The molecule has 0 aromatic heterocycles.